The molecule has 1 fully saturated rings. The van der Waals surface area contributed by atoms with Crippen molar-refractivity contribution in [3.05, 3.63) is 58.7 Å². The number of nitrogens with zero attached hydrogens (tertiary/aromatic N) is 4. The van der Waals surface area contributed by atoms with Gasteiger partial charge in [0.2, 0.25) is 6.30 Å². The molecule has 37 heavy (non-hydrogen) atoms. The van der Waals surface area contributed by atoms with Crippen molar-refractivity contribution in [2.75, 3.05) is 26.2 Å². The van der Waals surface area contributed by atoms with Gasteiger partial charge in [-0.2, -0.15) is 0 Å². The largest absolute Gasteiger partial charge is 0.459 e. The quantitative estimate of drug-likeness (QED) is 0.297. The Balaban J connectivity index is 1.79. The van der Waals surface area contributed by atoms with Crippen molar-refractivity contribution in [1.82, 2.24) is 19.2 Å². The van der Waals surface area contributed by atoms with E-state index in [0.717, 1.165) is 39.3 Å². The van der Waals surface area contributed by atoms with Gasteiger partial charge in [0.25, 0.3) is 6.43 Å². The molecule has 1 saturated heterocycles. The van der Waals surface area contributed by atoms with Gasteiger partial charge in [-0.3, -0.25) is 14.8 Å². The highest BCUT2D eigenvalue weighted by atomic mass is 19.3. The van der Waals surface area contributed by atoms with Crippen molar-refractivity contribution >= 4 is 11.5 Å². The number of hydrogen-bond acceptors (Lipinski definition) is 5. The molecule has 9 heteroatoms. The van der Waals surface area contributed by atoms with Crippen molar-refractivity contribution in [3.8, 4) is 11.1 Å². The van der Waals surface area contributed by atoms with Crippen LogP contribution >= 0.6 is 0 Å². The molecular weight excluding hydrogens is 481 g/mol. The average Bonchev–Trinajstić information content (AvgIpc) is 3.25. The van der Waals surface area contributed by atoms with Gasteiger partial charge in [-0.25, -0.2) is 18.0 Å². The van der Waals surface area contributed by atoms with Gasteiger partial charge >= 0.3 is 5.97 Å². The van der Waals surface area contributed by atoms with Crippen LogP contribution in [0.2, 0.25) is 0 Å². The normalized spacial score (nSPS) is 17.1. The van der Waals surface area contributed by atoms with Gasteiger partial charge in [-0.05, 0) is 76.9 Å². The van der Waals surface area contributed by atoms with E-state index < -0.39 is 12.7 Å². The third-order valence-corrected chi connectivity index (χ3v) is 7.06. The van der Waals surface area contributed by atoms with Crippen LogP contribution in [0.5, 0.6) is 0 Å². The zero-order valence-electron chi connectivity index (χ0n) is 22.3. The molecule has 0 radical (unpaired) electrons. The molecule has 3 aromatic rings. The maximum atomic E-state index is 13.9. The molecule has 0 bridgehead atoms. The standard InChI is InChI=1S/C28H35F3N4O2/c1-16(2)37-28(36)23-15-24-22(21-13-17(3)32-18(4)14-21)7-8-35(24)25(19(23)5)20(6)33-9-11-34(12-10-33)27(31)26(29)30/h7-8,13-16,20,26-27H,9-12H2,1-6H3. The minimum Gasteiger partial charge on any atom is -0.459 e. The van der Waals surface area contributed by atoms with Crippen LogP contribution < -0.4 is 0 Å². The number of esters is 1. The maximum absolute atomic E-state index is 13.9. The predicted molar refractivity (Wildman–Crippen MR) is 138 cm³/mol. The Labute approximate surface area is 216 Å². The van der Waals surface area contributed by atoms with Crippen LogP contribution in [0.25, 0.3) is 16.6 Å². The second-order valence-corrected chi connectivity index (χ2v) is 10.1. The summed E-state index contributed by atoms with van der Waals surface area (Å²) in [6.07, 6.45) is -3.54. The molecule has 3 aromatic heterocycles. The molecule has 0 amide bonds. The summed E-state index contributed by atoms with van der Waals surface area (Å²) in [5, 5.41) is 0. The number of fused-ring (bicyclic) bond motifs is 1. The molecule has 4 heterocycles. The summed E-state index contributed by atoms with van der Waals surface area (Å²) in [5.74, 6) is -0.389. The molecule has 200 valence electrons. The van der Waals surface area contributed by atoms with E-state index in [0.29, 0.717) is 18.7 Å². The van der Waals surface area contributed by atoms with Gasteiger partial charge in [0.1, 0.15) is 0 Å². The molecule has 1 aliphatic rings. The van der Waals surface area contributed by atoms with Crippen LogP contribution in [0.1, 0.15) is 59.8 Å². The fraction of sp³-hybridized carbons (Fsp3) is 0.500. The van der Waals surface area contributed by atoms with E-state index in [-0.39, 0.29) is 31.2 Å². The first-order valence-corrected chi connectivity index (χ1v) is 12.7. The van der Waals surface area contributed by atoms with Crippen LogP contribution in [0, 0.1) is 20.8 Å². The first-order valence-electron chi connectivity index (χ1n) is 12.7. The van der Waals surface area contributed by atoms with Crippen molar-refractivity contribution in [2.24, 2.45) is 0 Å². The first-order chi connectivity index (χ1) is 17.5. The molecule has 2 atom stereocenters. The Morgan fingerprint density at radius 2 is 1.54 bits per heavy atom. The van der Waals surface area contributed by atoms with Gasteiger partial charge in [0.15, 0.2) is 0 Å². The zero-order chi connectivity index (χ0) is 27.0. The maximum Gasteiger partial charge on any atom is 0.338 e. The summed E-state index contributed by atoms with van der Waals surface area (Å²) in [4.78, 5) is 21.0. The number of rotatable bonds is 7. The summed E-state index contributed by atoms with van der Waals surface area (Å²) < 4.78 is 47.3. The summed E-state index contributed by atoms with van der Waals surface area (Å²) >= 11 is 0. The highest BCUT2D eigenvalue weighted by molar-refractivity contribution is 5.95. The third-order valence-electron chi connectivity index (χ3n) is 7.06. The summed E-state index contributed by atoms with van der Waals surface area (Å²) in [6, 6.07) is 7.80. The molecule has 0 aromatic carbocycles. The van der Waals surface area contributed by atoms with Crippen LogP contribution in [0.3, 0.4) is 0 Å². The smallest absolute Gasteiger partial charge is 0.338 e. The molecule has 0 aliphatic carbocycles. The molecule has 0 saturated carbocycles. The van der Waals surface area contributed by atoms with Crippen molar-refractivity contribution in [3.63, 3.8) is 0 Å². The third kappa shape index (κ3) is 5.52. The number of halogens is 3. The van der Waals surface area contributed by atoms with Crippen LogP contribution in [-0.2, 0) is 4.74 Å². The molecule has 2 unspecified atom stereocenters. The van der Waals surface area contributed by atoms with Crippen molar-refractivity contribution < 1.29 is 22.7 Å². The number of carbonyl (C=O) groups excluding carboxylic acids is 1. The lowest BCUT2D eigenvalue weighted by atomic mass is 9.99. The number of piperazine rings is 1. The van der Waals surface area contributed by atoms with Gasteiger partial charge in [0.05, 0.1) is 17.2 Å². The number of ether oxygens (including phenoxy) is 1. The van der Waals surface area contributed by atoms with E-state index in [1.54, 1.807) is 0 Å². The van der Waals surface area contributed by atoms with Gasteiger partial charge in [-0.15, -0.1) is 0 Å². The summed E-state index contributed by atoms with van der Waals surface area (Å²) in [6.45, 7) is 12.8. The van der Waals surface area contributed by atoms with E-state index >= 15 is 0 Å². The van der Waals surface area contributed by atoms with E-state index in [9.17, 15) is 18.0 Å². The van der Waals surface area contributed by atoms with E-state index in [4.69, 9.17) is 4.74 Å². The second kappa shape index (κ2) is 10.8. The monoisotopic (exact) mass is 516 g/mol. The zero-order valence-corrected chi connectivity index (χ0v) is 22.3. The SMILES string of the molecule is Cc1cc(-c2ccn3c(C(C)N4CCN(C(F)C(F)F)CC4)c(C)c(C(=O)OC(C)C)cc23)cc(C)n1. The van der Waals surface area contributed by atoms with E-state index in [1.165, 1.54) is 4.90 Å². The Morgan fingerprint density at radius 3 is 2.11 bits per heavy atom. The molecule has 0 spiro atoms. The number of alkyl halides is 3. The second-order valence-electron chi connectivity index (χ2n) is 10.1. The van der Waals surface area contributed by atoms with E-state index in [1.807, 2.05) is 72.0 Å². The van der Waals surface area contributed by atoms with Gasteiger partial charge < -0.3 is 9.14 Å². The van der Waals surface area contributed by atoms with Crippen LogP contribution in [0.15, 0.2) is 30.5 Å². The molecule has 0 N–H and O–H groups in total. The lowest BCUT2D eigenvalue weighted by molar-refractivity contribution is -0.0688. The fourth-order valence-electron chi connectivity index (χ4n) is 5.31. The molecule has 1 aliphatic heterocycles. The first kappa shape index (κ1) is 27.1. The van der Waals surface area contributed by atoms with Gasteiger partial charge in [-0.1, -0.05) is 0 Å². The summed E-state index contributed by atoms with van der Waals surface area (Å²) in [7, 11) is 0. The highest BCUT2D eigenvalue weighted by Gasteiger charge is 2.33. The lowest BCUT2D eigenvalue weighted by Crippen LogP contribution is -2.51. The number of hydrogen-bond donors (Lipinski definition) is 0. The van der Waals surface area contributed by atoms with Gasteiger partial charge in [0, 0.05) is 61.1 Å². The minimum atomic E-state index is -3.02. The number of pyridine rings is 2. The Bertz CT molecular complexity index is 1260. The Kier molecular flexibility index (Phi) is 7.94. The highest BCUT2D eigenvalue weighted by Crippen LogP contribution is 2.35. The lowest BCUT2D eigenvalue weighted by Gasteiger charge is -2.39. The average molecular weight is 517 g/mol. The molecular formula is C28H35F3N4O2. The number of aryl methyl sites for hydroxylation is 2. The topological polar surface area (TPSA) is 50.1 Å². The fourth-order valence-corrected chi connectivity index (χ4v) is 5.31. The van der Waals surface area contributed by atoms with Crippen LogP contribution in [0.4, 0.5) is 13.2 Å². The Morgan fingerprint density at radius 1 is 0.946 bits per heavy atom. The molecule has 4 rings (SSSR count). The van der Waals surface area contributed by atoms with Crippen LogP contribution in [-0.4, -0.2) is 70.2 Å². The van der Waals surface area contributed by atoms with Crippen molar-refractivity contribution in [2.45, 2.75) is 66.4 Å². The molecule has 6 nitrogen and oxygen atoms in total. The minimum absolute atomic E-state index is 0.151. The van der Waals surface area contributed by atoms with Crippen molar-refractivity contribution in [1.29, 1.82) is 0 Å². The number of carbonyl (C=O) groups is 1. The number of aromatic nitrogens is 2. The predicted octanol–water partition coefficient (Wildman–Crippen LogP) is 5.73. The summed E-state index contributed by atoms with van der Waals surface area (Å²) in [5.41, 5.74) is 6.87. The Hall–Kier alpha value is -2.91. The van der Waals surface area contributed by atoms with E-state index in [2.05, 4.69) is 14.3 Å².